The molecular formula is C9H12N2O. The van der Waals surface area contributed by atoms with Crippen molar-refractivity contribution in [2.24, 2.45) is 0 Å². The van der Waals surface area contributed by atoms with Crippen molar-refractivity contribution in [3.63, 3.8) is 0 Å². The Hall–Kier alpha value is -1.25. The third-order valence-electron chi connectivity index (χ3n) is 1.77. The Morgan fingerprint density at radius 1 is 1.50 bits per heavy atom. The predicted molar refractivity (Wildman–Crippen MR) is 47.0 cm³/mol. The molecule has 1 saturated carbocycles. The van der Waals surface area contributed by atoms with Crippen LogP contribution in [0.15, 0.2) is 12.1 Å². The van der Waals surface area contributed by atoms with Crippen molar-refractivity contribution < 1.29 is 4.74 Å². The molecule has 0 atom stereocenters. The highest BCUT2D eigenvalue weighted by atomic mass is 16.5. The van der Waals surface area contributed by atoms with E-state index in [2.05, 4.69) is 4.98 Å². The van der Waals surface area contributed by atoms with Gasteiger partial charge in [0.05, 0.1) is 6.10 Å². The van der Waals surface area contributed by atoms with Crippen LogP contribution in [0.2, 0.25) is 0 Å². The Morgan fingerprint density at radius 2 is 2.25 bits per heavy atom. The number of anilines is 1. The van der Waals surface area contributed by atoms with Gasteiger partial charge < -0.3 is 10.5 Å². The molecule has 2 rings (SSSR count). The van der Waals surface area contributed by atoms with Gasteiger partial charge >= 0.3 is 0 Å². The van der Waals surface area contributed by atoms with Crippen molar-refractivity contribution in [1.82, 2.24) is 4.98 Å². The van der Waals surface area contributed by atoms with E-state index in [0.717, 1.165) is 11.4 Å². The lowest BCUT2D eigenvalue weighted by atomic mass is 10.3. The minimum absolute atomic E-state index is 0.422. The lowest BCUT2D eigenvalue weighted by Crippen LogP contribution is -1.99. The SMILES string of the molecule is Cc1cc(OC2CC2)cc(N)n1. The molecule has 0 bridgehead atoms. The van der Waals surface area contributed by atoms with E-state index in [-0.39, 0.29) is 0 Å². The van der Waals surface area contributed by atoms with Gasteiger partial charge in [-0.25, -0.2) is 4.98 Å². The second-order valence-electron chi connectivity index (χ2n) is 3.19. The zero-order valence-electron chi connectivity index (χ0n) is 7.08. The predicted octanol–water partition coefficient (Wildman–Crippen LogP) is 1.51. The third kappa shape index (κ3) is 1.67. The van der Waals surface area contributed by atoms with Crippen LogP contribution in [0.3, 0.4) is 0 Å². The number of nitrogens with zero attached hydrogens (tertiary/aromatic N) is 1. The molecule has 1 aromatic rings. The van der Waals surface area contributed by atoms with Gasteiger partial charge in [0.1, 0.15) is 11.6 Å². The molecule has 0 aromatic carbocycles. The van der Waals surface area contributed by atoms with E-state index in [1.165, 1.54) is 12.8 Å². The fourth-order valence-corrected chi connectivity index (χ4v) is 1.11. The molecule has 3 nitrogen and oxygen atoms in total. The van der Waals surface area contributed by atoms with Gasteiger partial charge in [0.15, 0.2) is 0 Å². The number of ether oxygens (including phenoxy) is 1. The lowest BCUT2D eigenvalue weighted by molar-refractivity contribution is 0.303. The molecule has 3 heteroatoms. The number of aryl methyl sites for hydroxylation is 1. The van der Waals surface area contributed by atoms with Gasteiger partial charge in [0.25, 0.3) is 0 Å². The van der Waals surface area contributed by atoms with Crippen molar-refractivity contribution in [3.05, 3.63) is 17.8 Å². The number of hydrogen-bond donors (Lipinski definition) is 1. The second-order valence-corrected chi connectivity index (χ2v) is 3.19. The van der Waals surface area contributed by atoms with Gasteiger partial charge in [0, 0.05) is 17.8 Å². The highest BCUT2D eigenvalue weighted by Gasteiger charge is 2.23. The van der Waals surface area contributed by atoms with E-state index < -0.39 is 0 Å². The van der Waals surface area contributed by atoms with Gasteiger partial charge in [-0.15, -0.1) is 0 Å². The molecule has 1 aliphatic carbocycles. The monoisotopic (exact) mass is 164 g/mol. The van der Waals surface area contributed by atoms with E-state index in [1.807, 2.05) is 13.0 Å². The van der Waals surface area contributed by atoms with Crippen molar-refractivity contribution in [3.8, 4) is 5.75 Å². The summed E-state index contributed by atoms with van der Waals surface area (Å²) in [5.74, 6) is 1.38. The average molecular weight is 164 g/mol. The molecule has 2 N–H and O–H groups in total. The smallest absolute Gasteiger partial charge is 0.127 e. The highest BCUT2D eigenvalue weighted by molar-refractivity contribution is 5.38. The van der Waals surface area contributed by atoms with Crippen LogP contribution >= 0.6 is 0 Å². The molecule has 0 aliphatic heterocycles. The second kappa shape index (κ2) is 2.66. The molecule has 1 fully saturated rings. The zero-order chi connectivity index (χ0) is 8.55. The van der Waals surface area contributed by atoms with Crippen LogP contribution in [-0.2, 0) is 0 Å². The van der Waals surface area contributed by atoms with Crippen molar-refractivity contribution in [2.45, 2.75) is 25.9 Å². The molecule has 0 amide bonds. The fourth-order valence-electron chi connectivity index (χ4n) is 1.11. The van der Waals surface area contributed by atoms with E-state index in [4.69, 9.17) is 10.5 Å². The number of aromatic nitrogens is 1. The quantitative estimate of drug-likeness (QED) is 0.720. The van der Waals surface area contributed by atoms with Gasteiger partial charge in [-0.2, -0.15) is 0 Å². The van der Waals surface area contributed by atoms with Gasteiger partial charge in [-0.3, -0.25) is 0 Å². The maximum atomic E-state index is 5.57. The van der Waals surface area contributed by atoms with E-state index in [0.29, 0.717) is 11.9 Å². The summed E-state index contributed by atoms with van der Waals surface area (Å²) >= 11 is 0. The van der Waals surface area contributed by atoms with Crippen LogP contribution in [0.4, 0.5) is 5.82 Å². The molecule has 0 spiro atoms. The summed E-state index contributed by atoms with van der Waals surface area (Å²) < 4.78 is 5.57. The molecule has 12 heavy (non-hydrogen) atoms. The summed E-state index contributed by atoms with van der Waals surface area (Å²) in [7, 11) is 0. The average Bonchev–Trinajstić information content (AvgIpc) is 2.68. The largest absolute Gasteiger partial charge is 0.490 e. The van der Waals surface area contributed by atoms with E-state index in [1.54, 1.807) is 6.07 Å². The van der Waals surface area contributed by atoms with Gasteiger partial charge in [-0.05, 0) is 19.8 Å². The lowest BCUT2D eigenvalue weighted by Gasteiger charge is -2.05. The molecule has 0 unspecified atom stereocenters. The molecule has 64 valence electrons. The fraction of sp³-hybridized carbons (Fsp3) is 0.444. The first-order valence-corrected chi connectivity index (χ1v) is 4.15. The van der Waals surface area contributed by atoms with Gasteiger partial charge in [-0.1, -0.05) is 0 Å². The number of nitrogens with two attached hydrogens (primary N) is 1. The number of pyridine rings is 1. The van der Waals surface area contributed by atoms with Crippen LogP contribution in [0.5, 0.6) is 5.75 Å². The number of hydrogen-bond acceptors (Lipinski definition) is 3. The minimum atomic E-state index is 0.422. The topological polar surface area (TPSA) is 48.1 Å². The van der Waals surface area contributed by atoms with E-state index in [9.17, 15) is 0 Å². The first-order chi connectivity index (χ1) is 5.74. The number of nitrogen functional groups attached to an aromatic ring is 1. The standard InChI is InChI=1S/C9H12N2O/c1-6-4-8(5-9(10)11-6)12-7-2-3-7/h4-5,7H,2-3H2,1H3,(H2,10,11). The Labute approximate surface area is 71.6 Å². The molecule has 1 heterocycles. The molecule has 1 aromatic heterocycles. The van der Waals surface area contributed by atoms with Crippen LogP contribution in [-0.4, -0.2) is 11.1 Å². The van der Waals surface area contributed by atoms with Crippen molar-refractivity contribution in [2.75, 3.05) is 5.73 Å². The number of rotatable bonds is 2. The summed E-state index contributed by atoms with van der Waals surface area (Å²) in [5, 5.41) is 0. The third-order valence-corrected chi connectivity index (χ3v) is 1.77. The Morgan fingerprint density at radius 3 is 2.83 bits per heavy atom. The normalized spacial score (nSPS) is 16.1. The van der Waals surface area contributed by atoms with Crippen molar-refractivity contribution >= 4 is 5.82 Å². The minimum Gasteiger partial charge on any atom is -0.490 e. The summed E-state index contributed by atoms with van der Waals surface area (Å²) in [6, 6.07) is 3.68. The van der Waals surface area contributed by atoms with Crippen LogP contribution in [0, 0.1) is 6.92 Å². The first-order valence-electron chi connectivity index (χ1n) is 4.15. The summed E-state index contributed by atoms with van der Waals surface area (Å²) in [6.07, 6.45) is 2.76. The molecule has 0 radical (unpaired) electrons. The maximum absolute atomic E-state index is 5.57. The Balaban J connectivity index is 2.18. The Kier molecular flexibility index (Phi) is 1.64. The van der Waals surface area contributed by atoms with Crippen LogP contribution < -0.4 is 10.5 Å². The van der Waals surface area contributed by atoms with E-state index >= 15 is 0 Å². The zero-order valence-corrected chi connectivity index (χ0v) is 7.08. The first kappa shape index (κ1) is 7.40. The van der Waals surface area contributed by atoms with Crippen LogP contribution in [0.25, 0.3) is 0 Å². The van der Waals surface area contributed by atoms with Crippen LogP contribution in [0.1, 0.15) is 18.5 Å². The maximum Gasteiger partial charge on any atom is 0.127 e. The molecule has 1 aliphatic rings. The van der Waals surface area contributed by atoms with Gasteiger partial charge in [0.2, 0.25) is 0 Å². The highest BCUT2D eigenvalue weighted by Crippen LogP contribution is 2.27. The molecular weight excluding hydrogens is 152 g/mol. The Bertz CT molecular complexity index is 274. The summed E-state index contributed by atoms with van der Waals surface area (Å²) in [4.78, 5) is 4.06. The molecule has 0 saturated heterocycles. The van der Waals surface area contributed by atoms with Crippen molar-refractivity contribution in [1.29, 1.82) is 0 Å². The summed E-state index contributed by atoms with van der Waals surface area (Å²) in [6.45, 7) is 1.91. The summed E-state index contributed by atoms with van der Waals surface area (Å²) in [5.41, 5.74) is 6.47.